The molecule has 0 spiro atoms. The largest absolute Gasteiger partial charge is 0.322 e. The second kappa shape index (κ2) is 7.89. The molecule has 0 atom stereocenters. The molecule has 1 N–H and O–H groups in total. The maximum atomic E-state index is 12.7. The summed E-state index contributed by atoms with van der Waals surface area (Å²) >= 11 is 6.45. The number of carbonyl (C=O) groups excluding carboxylic acids is 1. The fraction of sp³-hybridized carbons (Fsp3) is 0.0870. The van der Waals surface area contributed by atoms with E-state index in [4.69, 9.17) is 11.6 Å². The van der Waals surface area contributed by atoms with Crippen LogP contribution in [-0.2, 0) is 10.0 Å². The number of halogens is 1. The molecule has 5 rings (SSSR count). The zero-order valence-corrected chi connectivity index (χ0v) is 18.3. The molecule has 0 bridgehead atoms. The van der Waals surface area contributed by atoms with E-state index in [-0.39, 0.29) is 11.7 Å². The van der Waals surface area contributed by atoms with Crippen molar-refractivity contribution in [3.05, 3.63) is 83.6 Å². The quantitative estimate of drug-likeness (QED) is 0.484. The Bertz CT molecular complexity index is 1450. The van der Waals surface area contributed by atoms with E-state index in [9.17, 15) is 13.2 Å². The molecule has 4 aromatic rings. The van der Waals surface area contributed by atoms with Crippen molar-refractivity contribution in [2.45, 2.75) is 0 Å². The lowest BCUT2D eigenvalue weighted by molar-refractivity contribution is 0.102. The number of amides is 1. The first-order valence-electron chi connectivity index (χ1n) is 9.84. The van der Waals surface area contributed by atoms with Crippen molar-refractivity contribution in [3.63, 3.8) is 0 Å². The lowest BCUT2D eigenvalue weighted by atomic mass is 10.1. The van der Waals surface area contributed by atoms with Crippen LogP contribution in [0.15, 0.2) is 73.1 Å². The van der Waals surface area contributed by atoms with E-state index in [1.165, 1.54) is 4.31 Å². The Kier molecular flexibility index (Phi) is 5.03. The van der Waals surface area contributed by atoms with Crippen LogP contribution in [0.25, 0.3) is 22.2 Å². The van der Waals surface area contributed by atoms with Gasteiger partial charge in [-0.25, -0.2) is 8.42 Å². The minimum Gasteiger partial charge on any atom is -0.322 e. The highest BCUT2D eigenvalue weighted by molar-refractivity contribution is 7.94. The molecule has 2 aromatic heterocycles. The lowest BCUT2D eigenvalue weighted by Gasteiger charge is -2.32. The van der Waals surface area contributed by atoms with Crippen molar-refractivity contribution >= 4 is 49.8 Å². The highest BCUT2D eigenvalue weighted by Gasteiger charge is 2.32. The van der Waals surface area contributed by atoms with Gasteiger partial charge in [0.2, 0.25) is 10.0 Å². The van der Waals surface area contributed by atoms with Gasteiger partial charge in [-0.15, -0.1) is 0 Å². The maximum absolute atomic E-state index is 12.7. The molecule has 1 fully saturated rings. The number of nitrogens with one attached hydrogen (secondary N) is 1. The molecular formula is C23H17ClN4O3S. The van der Waals surface area contributed by atoms with Gasteiger partial charge >= 0.3 is 0 Å². The molecule has 160 valence electrons. The third kappa shape index (κ3) is 3.68. The fourth-order valence-corrected chi connectivity index (χ4v) is 4.92. The van der Waals surface area contributed by atoms with Crippen LogP contribution >= 0.6 is 11.6 Å². The highest BCUT2D eigenvalue weighted by atomic mass is 35.5. The number of rotatable bonds is 4. The molecule has 32 heavy (non-hydrogen) atoms. The van der Waals surface area contributed by atoms with Crippen molar-refractivity contribution in [1.82, 2.24) is 9.97 Å². The maximum Gasteiger partial charge on any atom is 0.255 e. The minimum atomic E-state index is -3.20. The molecule has 0 aliphatic carbocycles. The number of anilines is 2. The number of hydrogen-bond acceptors (Lipinski definition) is 5. The van der Waals surface area contributed by atoms with Gasteiger partial charge in [0.25, 0.3) is 5.91 Å². The van der Waals surface area contributed by atoms with E-state index >= 15 is 0 Å². The highest BCUT2D eigenvalue weighted by Crippen LogP contribution is 2.33. The monoisotopic (exact) mass is 464 g/mol. The number of hydrogen-bond donors (Lipinski definition) is 1. The van der Waals surface area contributed by atoms with E-state index < -0.39 is 10.0 Å². The van der Waals surface area contributed by atoms with Crippen molar-refractivity contribution in [2.75, 3.05) is 21.9 Å². The normalized spacial score (nSPS) is 14.7. The Morgan fingerprint density at radius 3 is 2.53 bits per heavy atom. The SMILES string of the molecule is O=C(Nc1ccc(Cl)c(-c2nccc3ncccc23)c1)c1ccc(N2CCS2(=O)=O)cc1. The molecule has 3 heterocycles. The van der Waals surface area contributed by atoms with Crippen LogP contribution in [0.2, 0.25) is 5.02 Å². The fourth-order valence-electron chi connectivity index (χ4n) is 3.61. The van der Waals surface area contributed by atoms with Crippen LogP contribution in [0.4, 0.5) is 11.4 Å². The summed E-state index contributed by atoms with van der Waals surface area (Å²) in [7, 11) is -3.20. The Labute approximate surface area is 189 Å². The van der Waals surface area contributed by atoms with Crippen LogP contribution in [0.3, 0.4) is 0 Å². The van der Waals surface area contributed by atoms with Crippen LogP contribution < -0.4 is 9.62 Å². The molecule has 0 saturated carbocycles. The summed E-state index contributed by atoms with van der Waals surface area (Å²) in [5, 5.41) is 4.23. The summed E-state index contributed by atoms with van der Waals surface area (Å²) in [6, 6.07) is 17.3. The van der Waals surface area contributed by atoms with Crippen LogP contribution in [0.5, 0.6) is 0 Å². The average molecular weight is 465 g/mol. The molecule has 0 radical (unpaired) electrons. The summed E-state index contributed by atoms with van der Waals surface area (Å²) in [5.41, 5.74) is 3.69. The van der Waals surface area contributed by atoms with Gasteiger partial charge in [-0.1, -0.05) is 11.6 Å². The van der Waals surface area contributed by atoms with E-state index in [1.807, 2.05) is 18.2 Å². The van der Waals surface area contributed by atoms with Crippen LogP contribution in [-0.4, -0.2) is 36.6 Å². The number of benzene rings is 2. The molecule has 0 unspecified atom stereocenters. The van der Waals surface area contributed by atoms with Crippen molar-refractivity contribution in [2.24, 2.45) is 0 Å². The molecule has 7 nitrogen and oxygen atoms in total. The summed E-state index contributed by atoms with van der Waals surface area (Å²) in [4.78, 5) is 21.6. The summed E-state index contributed by atoms with van der Waals surface area (Å²) in [6.07, 6.45) is 3.39. The zero-order chi connectivity index (χ0) is 22.3. The summed E-state index contributed by atoms with van der Waals surface area (Å²) < 4.78 is 24.9. The molecule has 2 aromatic carbocycles. The number of nitrogens with zero attached hydrogens (tertiary/aromatic N) is 3. The van der Waals surface area contributed by atoms with Gasteiger partial charge in [0.05, 0.1) is 27.7 Å². The van der Waals surface area contributed by atoms with Gasteiger partial charge in [-0.2, -0.15) is 0 Å². The second-order valence-electron chi connectivity index (χ2n) is 7.31. The van der Waals surface area contributed by atoms with E-state index in [1.54, 1.807) is 54.9 Å². The van der Waals surface area contributed by atoms with Gasteiger partial charge in [-0.05, 0) is 60.7 Å². The molecule has 1 saturated heterocycles. The van der Waals surface area contributed by atoms with Crippen LogP contribution in [0, 0.1) is 0 Å². The number of aromatic nitrogens is 2. The predicted octanol–water partition coefficient (Wildman–Crippen LogP) is 4.35. The topological polar surface area (TPSA) is 92.3 Å². The molecule has 1 aliphatic rings. The number of carbonyl (C=O) groups is 1. The molecule has 1 aliphatic heterocycles. The lowest BCUT2D eigenvalue weighted by Crippen LogP contribution is -2.47. The van der Waals surface area contributed by atoms with E-state index in [2.05, 4.69) is 15.3 Å². The van der Waals surface area contributed by atoms with Crippen molar-refractivity contribution in [1.29, 1.82) is 0 Å². The first-order valence-corrected chi connectivity index (χ1v) is 11.8. The first kappa shape index (κ1) is 20.4. The Balaban J connectivity index is 1.41. The van der Waals surface area contributed by atoms with Crippen molar-refractivity contribution < 1.29 is 13.2 Å². The third-order valence-corrected chi connectivity index (χ3v) is 7.41. The predicted molar refractivity (Wildman–Crippen MR) is 126 cm³/mol. The number of fused-ring (bicyclic) bond motifs is 1. The van der Waals surface area contributed by atoms with Gasteiger partial charge in [0, 0.05) is 41.1 Å². The summed E-state index contributed by atoms with van der Waals surface area (Å²) in [5.74, 6) is -0.167. The first-order chi connectivity index (χ1) is 15.4. The minimum absolute atomic E-state index is 0.149. The molecular weight excluding hydrogens is 448 g/mol. The zero-order valence-electron chi connectivity index (χ0n) is 16.7. The summed E-state index contributed by atoms with van der Waals surface area (Å²) in [6.45, 7) is 0.457. The van der Waals surface area contributed by atoms with E-state index in [0.717, 1.165) is 10.9 Å². The van der Waals surface area contributed by atoms with Gasteiger partial charge in [-0.3, -0.25) is 19.1 Å². The number of sulfonamides is 1. The third-order valence-electron chi connectivity index (χ3n) is 5.31. The smallest absolute Gasteiger partial charge is 0.255 e. The van der Waals surface area contributed by atoms with Gasteiger partial charge < -0.3 is 5.32 Å². The van der Waals surface area contributed by atoms with E-state index in [0.29, 0.717) is 39.8 Å². The Morgan fingerprint density at radius 1 is 1.00 bits per heavy atom. The number of pyridine rings is 2. The molecule has 1 amide bonds. The Hall–Kier alpha value is -3.49. The van der Waals surface area contributed by atoms with Gasteiger partial charge in [0.1, 0.15) is 0 Å². The van der Waals surface area contributed by atoms with Gasteiger partial charge in [0.15, 0.2) is 0 Å². The average Bonchev–Trinajstić information content (AvgIpc) is 2.80. The van der Waals surface area contributed by atoms with Crippen LogP contribution in [0.1, 0.15) is 10.4 Å². The van der Waals surface area contributed by atoms with Crippen molar-refractivity contribution in [3.8, 4) is 11.3 Å². The second-order valence-corrected chi connectivity index (χ2v) is 9.73. The molecule has 9 heteroatoms. The standard InChI is InChI=1S/C23H17ClN4O3S/c24-20-8-5-16(14-19(20)22-18-2-1-10-25-21(18)9-11-26-22)27-23(29)15-3-6-17(7-4-15)28-12-13-32(28,30)31/h1-11,14H,12-13H2,(H,27,29). The Morgan fingerprint density at radius 2 is 1.81 bits per heavy atom.